The highest BCUT2D eigenvalue weighted by Crippen LogP contribution is 2.34. The lowest BCUT2D eigenvalue weighted by Gasteiger charge is -2.38. The number of hydrogen-bond acceptors (Lipinski definition) is 4. The Kier molecular flexibility index (Phi) is 4.07. The molecule has 114 valence electrons. The van der Waals surface area contributed by atoms with Crippen molar-refractivity contribution in [1.29, 1.82) is 0 Å². The van der Waals surface area contributed by atoms with Gasteiger partial charge in [-0.15, -0.1) is 0 Å². The molecule has 21 heavy (non-hydrogen) atoms. The van der Waals surface area contributed by atoms with Crippen LogP contribution in [0.3, 0.4) is 0 Å². The van der Waals surface area contributed by atoms with Crippen LogP contribution >= 0.6 is 0 Å². The summed E-state index contributed by atoms with van der Waals surface area (Å²) in [6.45, 7) is 4.85. The van der Waals surface area contributed by atoms with E-state index in [0.717, 1.165) is 31.6 Å². The summed E-state index contributed by atoms with van der Waals surface area (Å²) >= 11 is 0. The fourth-order valence-electron chi connectivity index (χ4n) is 3.02. The van der Waals surface area contributed by atoms with Gasteiger partial charge in [-0.3, -0.25) is 9.89 Å². The lowest BCUT2D eigenvalue weighted by Crippen LogP contribution is -2.45. The van der Waals surface area contributed by atoms with E-state index in [4.69, 9.17) is 9.47 Å². The van der Waals surface area contributed by atoms with Gasteiger partial charge in [0.25, 0.3) is 0 Å². The molecule has 0 saturated carbocycles. The number of hydrogen-bond donors (Lipinski definition) is 1. The van der Waals surface area contributed by atoms with Gasteiger partial charge in [0.15, 0.2) is 5.79 Å². The Morgan fingerprint density at radius 1 is 1.43 bits per heavy atom. The van der Waals surface area contributed by atoms with Gasteiger partial charge in [-0.05, 0) is 31.9 Å². The smallest absolute Gasteiger partial charge is 0.246 e. The van der Waals surface area contributed by atoms with E-state index in [1.54, 1.807) is 18.3 Å². The first-order valence-electron chi connectivity index (χ1n) is 7.42. The number of rotatable bonds is 3. The summed E-state index contributed by atoms with van der Waals surface area (Å²) in [5, 5.41) is 6.65. The molecular formula is C15H21N3O3. The van der Waals surface area contributed by atoms with Crippen molar-refractivity contribution >= 4 is 12.0 Å². The van der Waals surface area contributed by atoms with Gasteiger partial charge >= 0.3 is 0 Å². The molecule has 0 atom stereocenters. The molecule has 0 aliphatic carbocycles. The minimum absolute atomic E-state index is 0.0430. The molecule has 0 unspecified atom stereocenters. The summed E-state index contributed by atoms with van der Waals surface area (Å²) < 4.78 is 11.4. The molecule has 1 amide bonds. The summed E-state index contributed by atoms with van der Waals surface area (Å²) in [7, 11) is 0. The fraction of sp³-hybridized carbons (Fsp3) is 0.600. The number of nitrogens with one attached hydrogen (secondary N) is 1. The first kappa shape index (κ1) is 14.3. The molecule has 1 aromatic rings. The minimum atomic E-state index is -0.457. The summed E-state index contributed by atoms with van der Waals surface area (Å²) in [4.78, 5) is 14.0. The first-order valence-corrected chi connectivity index (χ1v) is 7.42. The number of carbonyl (C=O) groups is 1. The molecule has 0 bridgehead atoms. The number of piperidine rings is 1. The maximum atomic E-state index is 12.1. The van der Waals surface area contributed by atoms with Gasteiger partial charge < -0.3 is 14.4 Å². The zero-order valence-corrected chi connectivity index (χ0v) is 12.2. The number of H-pyrrole nitrogens is 1. The maximum Gasteiger partial charge on any atom is 0.246 e. The van der Waals surface area contributed by atoms with Crippen LogP contribution in [0.2, 0.25) is 0 Å². The Bertz CT molecular complexity index is 498. The molecule has 2 saturated heterocycles. The van der Waals surface area contributed by atoms with E-state index in [-0.39, 0.29) is 5.91 Å². The molecular weight excluding hydrogens is 270 g/mol. The third-order valence-electron chi connectivity index (χ3n) is 4.34. The largest absolute Gasteiger partial charge is 0.348 e. The topological polar surface area (TPSA) is 67.5 Å². The number of likely N-dealkylation sites (tertiary alicyclic amines) is 1. The summed E-state index contributed by atoms with van der Waals surface area (Å²) in [5.41, 5.74) is 0.832. The summed E-state index contributed by atoms with van der Waals surface area (Å²) in [5.74, 6) is -0.0527. The molecule has 6 nitrogen and oxygen atoms in total. The lowest BCUT2D eigenvalue weighted by molar-refractivity contribution is -0.191. The lowest BCUT2D eigenvalue weighted by atomic mass is 9.89. The molecule has 1 aromatic heterocycles. The molecule has 3 heterocycles. The third-order valence-corrected chi connectivity index (χ3v) is 4.34. The summed E-state index contributed by atoms with van der Waals surface area (Å²) in [6.07, 6.45) is 6.85. The highest BCUT2D eigenvalue weighted by Gasteiger charge is 2.41. The highest BCUT2D eigenvalue weighted by atomic mass is 16.7. The van der Waals surface area contributed by atoms with E-state index in [2.05, 4.69) is 10.2 Å². The van der Waals surface area contributed by atoms with Crippen molar-refractivity contribution in [2.75, 3.05) is 26.3 Å². The SMILES string of the molecule is CC1(C2CCN(C(=O)/C=C/c3ccn[nH]3)CC2)OCCO1. The monoisotopic (exact) mass is 291 g/mol. The Labute approximate surface area is 124 Å². The van der Waals surface area contributed by atoms with Gasteiger partial charge in [0.1, 0.15) is 0 Å². The second kappa shape index (κ2) is 5.99. The Balaban J connectivity index is 1.52. The normalized spacial score (nSPS) is 23.0. The summed E-state index contributed by atoms with van der Waals surface area (Å²) in [6, 6.07) is 1.83. The first-order chi connectivity index (χ1) is 10.2. The molecule has 2 aliphatic rings. The number of ether oxygens (including phenoxy) is 2. The predicted molar refractivity (Wildman–Crippen MR) is 77.2 cm³/mol. The van der Waals surface area contributed by atoms with Crippen LogP contribution < -0.4 is 0 Å². The molecule has 0 spiro atoms. The Morgan fingerprint density at radius 2 is 2.14 bits per heavy atom. The van der Waals surface area contributed by atoms with Gasteiger partial charge in [0, 0.05) is 31.3 Å². The van der Waals surface area contributed by atoms with Crippen molar-refractivity contribution in [2.45, 2.75) is 25.6 Å². The Hall–Kier alpha value is -1.66. The van der Waals surface area contributed by atoms with Crippen LogP contribution in [0.25, 0.3) is 6.08 Å². The maximum absolute atomic E-state index is 12.1. The number of amides is 1. The van der Waals surface area contributed by atoms with Crippen LogP contribution in [0, 0.1) is 5.92 Å². The van der Waals surface area contributed by atoms with Crippen LogP contribution in [-0.2, 0) is 14.3 Å². The average Bonchev–Trinajstić information content (AvgIpc) is 3.17. The van der Waals surface area contributed by atoms with Crippen LogP contribution in [0.15, 0.2) is 18.3 Å². The van der Waals surface area contributed by atoms with Crippen molar-refractivity contribution in [3.63, 3.8) is 0 Å². The van der Waals surface area contributed by atoms with Gasteiger partial charge in [0.05, 0.1) is 18.9 Å². The third kappa shape index (κ3) is 3.16. The van der Waals surface area contributed by atoms with Crippen LogP contribution in [0.1, 0.15) is 25.5 Å². The van der Waals surface area contributed by atoms with E-state index in [9.17, 15) is 4.79 Å². The second-order valence-electron chi connectivity index (χ2n) is 5.66. The van der Waals surface area contributed by atoms with E-state index in [0.29, 0.717) is 19.1 Å². The van der Waals surface area contributed by atoms with E-state index >= 15 is 0 Å². The molecule has 6 heteroatoms. The number of carbonyl (C=O) groups excluding carboxylic acids is 1. The average molecular weight is 291 g/mol. The highest BCUT2D eigenvalue weighted by molar-refractivity contribution is 5.91. The van der Waals surface area contributed by atoms with Crippen molar-refractivity contribution < 1.29 is 14.3 Å². The van der Waals surface area contributed by atoms with E-state index in [1.165, 1.54) is 0 Å². The number of aromatic amines is 1. The van der Waals surface area contributed by atoms with Crippen molar-refractivity contribution in [3.8, 4) is 0 Å². The molecule has 2 fully saturated rings. The van der Waals surface area contributed by atoms with Gasteiger partial charge in [-0.1, -0.05) is 0 Å². The number of aromatic nitrogens is 2. The Morgan fingerprint density at radius 3 is 2.76 bits per heavy atom. The fourth-order valence-corrected chi connectivity index (χ4v) is 3.02. The van der Waals surface area contributed by atoms with E-state index in [1.807, 2.05) is 17.9 Å². The second-order valence-corrected chi connectivity index (χ2v) is 5.66. The zero-order valence-electron chi connectivity index (χ0n) is 12.2. The van der Waals surface area contributed by atoms with Gasteiger partial charge in [-0.2, -0.15) is 5.10 Å². The zero-order chi connectivity index (χ0) is 14.7. The quantitative estimate of drug-likeness (QED) is 0.855. The molecule has 1 N–H and O–H groups in total. The van der Waals surface area contributed by atoms with Crippen LogP contribution in [0.4, 0.5) is 0 Å². The molecule has 0 radical (unpaired) electrons. The predicted octanol–water partition coefficient (Wildman–Crippen LogP) is 1.42. The molecule has 2 aliphatic heterocycles. The van der Waals surface area contributed by atoms with E-state index < -0.39 is 5.79 Å². The molecule has 0 aromatic carbocycles. The minimum Gasteiger partial charge on any atom is -0.348 e. The van der Waals surface area contributed by atoms with Crippen molar-refractivity contribution in [2.24, 2.45) is 5.92 Å². The van der Waals surface area contributed by atoms with Crippen molar-refractivity contribution in [3.05, 3.63) is 24.0 Å². The van der Waals surface area contributed by atoms with Crippen LogP contribution in [0.5, 0.6) is 0 Å². The van der Waals surface area contributed by atoms with Crippen LogP contribution in [-0.4, -0.2) is 53.1 Å². The number of nitrogens with zero attached hydrogens (tertiary/aromatic N) is 2. The molecule has 3 rings (SSSR count). The standard InChI is InChI=1S/C15H21N3O3/c1-15(20-10-11-21-15)12-5-8-18(9-6-12)14(19)3-2-13-4-7-16-17-13/h2-4,7,12H,5-6,8-11H2,1H3,(H,16,17)/b3-2+. The van der Waals surface area contributed by atoms with Gasteiger partial charge in [-0.25, -0.2) is 0 Å². The van der Waals surface area contributed by atoms with Gasteiger partial charge in [0.2, 0.25) is 5.91 Å². The van der Waals surface area contributed by atoms with Crippen molar-refractivity contribution in [1.82, 2.24) is 15.1 Å².